The molecule has 0 spiro atoms. The Morgan fingerprint density at radius 2 is 2.05 bits per heavy atom. The van der Waals surface area contributed by atoms with E-state index in [1.54, 1.807) is 12.1 Å². The van der Waals surface area contributed by atoms with Crippen LogP contribution < -0.4 is 5.32 Å². The molecule has 0 unspecified atom stereocenters. The maximum atomic E-state index is 12.0. The van der Waals surface area contributed by atoms with Crippen molar-refractivity contribution in [2.75, 3.05) is 6.54 Å². The van der Waals surface area contributed by atoms with Gasteiger partial charge in [-0.1, -0.05) is 19.1 Å². The van der Waals surface area contributed by atoms with Gasteiger partial charge in [-0.05, 0) is 18.6 Å². The number of para-hydroxylation sites is 1. The zero-order chi connectivity index (χ0) is 14.7. The highest BCUT2D eigenvalue weighted by Crippen LogP contribution is 2.22. The lowest BCUT2D eigenvalue weighted by molar-refractivity contribution is -0.385. The molecule has 0 bridgehead atoms. The van der Waals surface area contributed by atoms with Crippen LogP contribution in [0.2, 0.25) is 0 Å². The normalized spacial score (nSPS) is 16.6. The van der Waals surface area contributed by atoms with E-state index in [1.807, 2.05) is 6.92 Å². The van der Waals surface area contributed by atoms with Gasteiger partial charge in [0.25, 0.3) is 11.6 Å². The molecule has 104 valence electrons. The van der Waals surface area contributed by atoms with Gasteiger partial charge in [0, 0.05) is 12.6 Å². The van der Waals surface area contributed by atoms with Crippen molar-refractivity contribution in [1.29, 1.82) is 0 Å². The van der Waals surface area contributed by atoms with Crippen LogP contribution in [0.15, 0.2) is 30.0 Å². The third-order valence-electron chi connectivity index (χ3n) is 2.84. The van der Waals surface area contributed by atoms with E-state index < -0.39 is 16.9 Å². The van der Waals surface area contributed by atoms with E-state index in [-0.39, 0.29) is 16.9 Å². The molecule has 7 heteroatoms. The molecular formula is C13H13N3O4. The number of hydrogen-bond donors (Lipinski definition) is 1. The number of amides is 3. The topological polar surface area (TPSA) is 92.6 Å². The molecule has 0 radical (unpaired) electrons. The van der Waals surface area contributed by atoms with E-state index in [4.69, 9.17) is 0 Å². The van der Waals surface area contributed by atoms with Crippen LogP contribution in [-0.2, 0) is 4.79 Å². The number of nitrogens with one attached hydrogen (secondary N) is 1. The first kappa shape index (κ1) is 13.7. The third-order valence-corrected chi connectivity index (χ3v) is 2.84. The van der Waals surface area contributed by atoms with Crippen LogP contribution in [0.25, 0.3) is 6.08 Å². The van der Waals surface area contributed by atoms with Gasteiger partial charge in [0.2, 0.25) is 0 Å². The quantitative estimate of drug-likeness (QED) is 0.393. The van der Waals surface area contributed by atoms with E-state index in [0.717, 1.165) is 4.90 Å². The van der Waals surface area contributed by atoms with E-state index in [9.17, 15) is 19.7 Å². The number of hydrogen-bond acceptors (Lipinski definition) is 4. The lowest BCUT2D eigenvalue weighted by Gasteiger charge is -2.08. The van der Waals surface area contributed by atoms with Crippen LogP contribution in [0.3, 0.4) is 0 Å². The average Bonchev–Trinajstić information content (AvgIpc) is 2.67. The Labute approximate surface area is 115 Å². The largest absolute Gasteiger partial charge is 0.329 e. The van der Waals surface area contributed by atoms with Gasteiger partial charge >= 0.3 is 6.03 Å². The van der Waals surface area contributed by atoms with Gasteiger partial charge in [0.15, 0.2) is 0 Å². The smallest absolute Gasteiger partial charge is 0.303 e. The Kier molecular flexibility index (Phi) is 3.79. The summed E-state index contributed by atoms with van der Waals surface area (Å²) >= 11 is 0. The van der Waals surface area contributed by atoms with E-state index in [1.165, 1.54) is 18.2 Å². The maximum absolute atomic E-state index is 12.0. The SMILES string of the molecule is CCCN1C(=O)N/C(=C/c2ccccc2[N+](=O)[O-])C1=O. The molecule has 1 N–H and O–H groups in total. The minimum absolute atomic E-state index is 0.0535. The van der Waals surface area contributed by atoms with E-state index in [2.05, 4.69) is 5.32 Å². The second-order valence-electron chi connectivity index (χ2n) is 4.26. The molecule has 0 aliphatic carbocycles. The van der Waals surface area contributed by atoms with Gasteiger partial charge in [-0.25, -0.2) is 4.79 Å². The summed E-state index contributed by atoms with van der Waals surface area (Å²) < 4.78 is 0. The second kappa shape index (κ2) is 5.52. The zero-order valence-corrected chi connectivity index (χ0v) is 10.8. The summed E-state index contributed by atoms with van der Waals surface area (Å²) in [6.45, 7) is 2.17. The number of urea groups is 1. The van der Waals surface area contributed by atoms with Crippen LogP contribution >= 0.6 is 0 Å². The Morgan fingerprint density at radius 1 is 1.35 bits per heavy atom. The number of nitro benzene ring substituents is 1. The summed E-state index contributed by atoms with van der Waals surface area (Å²) in [6.07, 6.45) is 1.98. The molecule has 1 aromatic rings. The van der Waals surface area contributed by atoms with Crippen molar-refractivity contribution < 1.29 is 14.5 Å². The van der Waals surface area contributed by atoms with Gasteiger partial charge < -0.3 is 5.32 Å². The standard InChI is InChI=1S/C13H13N3O4/c1-2-7-15-12(17)10(14-13(15)18)8-9-5-3-4-6-11(9)16(19)20/h3-6,8H,2,7H2,1H3,(H,14,18)/b10-8+. The first-order chi connectivity index (χ1) is 9.54. The van der Waals surface area contributed by atoms with Gasteiger partial charge in [0.1, 0.15) is 5.70 Å². The number of carbonyl (C=O) groups excluding carboxylic acids is 2. The highest BCUT2D eigenvalue weighted by atomic mass is 16.6. The molecule has 7 nitrogen and oxygen atoms in total. The van der Waals surface area contributed by atoms with Gasteiger partial charge in [-0.2, -0.15) is 0 Å². The van der Waals surface area contributed by atoms with Crippen molar-refractivity contribution in [1.82, 2.24) is 10.2 Å². The van der Waals surface area contributed by atoms with Crippen LogP contribution in [0.1, 0.15) is 18.9 Å². The monoisotopic (exact) mass is 275 g/mol. The molecule has 0 saturated carbocycles. The molecular weight excluding hydrogens is 262 g/mol. The number of rotatable bonds is 4. The van der Waals surface area contributed by atoms with Crippen molar-refractivity contribution in [2.24, 2.45) is 0 Å². The predicted octanol–water partition coefficient (Wildman–Crippen LogP) is 1.90. The molecule has 20 heavy (non-hydrogen) atoms. The Morgan fingerprint density at radius 3 is 2.70 bits per heavy atom. The lowest BCUT2D eigenvalue weighted by Crippen LogP contribution is -2.31. The molecule has 0 aromatic heterocycles. The van der Waals surface area contributed by atoms with Crippen LogP contribution in [0.5, 0.6) is 0 Å². The number of nitrogens with zero attached hydrogens (tertiary/aromatic N) is 2. The van der Waals surface area contributed by atoms with E-state index >= 15 is 0 Å². The van der Waals surface area contributed by atoms with Crippen LogP contribution in [-0.4, -0.2) is 28.3 Å². The first-order valence-corrected chi connectivity index (χ1v) is 6.12. The highest BCUT2D eigenvalue weighted by molar-refractivity contribution is 6.14. The fraction of sp³-hybridized carbons (Fsp3) is 0.231. The first-order valence-electron chi connectivity index (χ1n) is 6.12. The molecule has 1 aliphatic rings. The van der Waals surface area contributed by atoms with Gasteiger partial charge in [-0.3, -0.25) is 19.8 Å². The molecule has 1 fully saturated rings. The third kappa shape index (κ3) is 2.51. The van der Waals surface area contributed by atoms with Gasteiger partial charge in [-0.15, -0.1) is 0 Å². The maximum Gasteiger partial charge on any atom is 0.329 e. The summed E-state index contributed by atoms with van der Waals surface area (Å²) in [7, 11) is 0. The highest BCUT2D eigenvalue weighted by Gasteiger charge is 2.33. The summed E-state index contributed by atoms with van der Waals surface area (Å²) in [5, 5.41) is 13.3. The molecule has 3 amide bonds. The zero-order valence-electron chi connectivity index (χ0n) is 10.8. The molecule has 1 aromatic carbocycles. The number of nitro groups is 1. The molecule has 0 atom stereocenters. The van der Waals surface area contributed by atoms with Gasteiger partial charge in [0.05, 0.1) is 10.5 Å². The summed E-state index contributed by atoms with van der Waals surface area (Å²) in [5.41, 5.74) is 0.216. The second-order valence-corrected chi connectivity index (χ2v) is 4.26. The fourth-order valence-corrected chi connectivity index (χ4v) is 1.93. The number of benzene rings is 1. The number of carbonyl (C=O) groups is 2. The lowest BCUT2D eigenvalue weighted by atomic mass is 10.1. The molecule has 1 aliphatic heterocycles. The van der Waals surface area contributed by atoms with Crippen molar-refractivity contribution in [2.45, 2.75) is 13.3 Å². The van der Waals surface area contributed by atoms with E-state index in [0.29, 0.717) is 13.0 Å². The minimum Gasteiger partial charge on any atom is -0.303 e. The molecule has 1 heterocycles. The average molecular weight is 275 g/mol. The fourth-order valence-electron chi connectivity index (χ4n) is 1.93. The summed E-state index contributed by atoms with van der Waals surface area (Å²) in [4.78, 5) is 35.1. The summed E-state index contributed by atoms with van der Waals surface area (Å²) in [6, 6.07) is 5.54. The minimum atomic E-state index is -0.530. The van der Waals surface area contributed by atoms with Crippen molar-refractivity contribution in [3.05, 3.63) is 45.6 Å². The van der Waals surface area contributed by atoms with Crippen LogP contribution in [0.4, 0.5) is 10.5 Å². The Bertz CT molecular complexity index is 609. The molecule has 2 rings (SSSR count). The summed E-state index contributed by atoms with van der Waals surface area (Å²) in [5.74, 6) is -0.463. The molecule has 1 saturated heterocycles. The number of imide groups is 1. The van der Waals surface area contributed by atoms with Crippen LogP contribution in [0, 0.1) is 10.1 Å². The van der Waals surface area contributed by atoms with Crippen molar-refractivity contribution in [3.63, 3.8) is 0 Å². The Hall–Kier alpha value is -2.70. The van der Waals surface area contributed by atoms with Crippen molar-refractivity contribution in [3.8, 4) is 0 Å². The predicted molar refractivity (Wildman–Crippen MR) is 71.6 cm³/mol. The Balaban J connectivity index is 2.35. The van der Waals surface area contributed by atoms with Crippen molar-refractivity contribution >= 4 is 23.7 Å².